The van der Waals surface area contributed by atoms with Crippen molar-refractivity contribution in [3.63, 3.8) is 0 Å². The fourth-order valence-electron chi connectivity index (χ4n) is 2.40. The topological polar surface area (TPSA) is 62.3 Å². The van der Waals surface area contributed by atoms with Gasteiger partial charge in [-0.15, -0.1) is 11.3 Å². The smallest absolute Gasteiger partial charge is 0.282 e. The van der Waals surface area contributed by atoms with Gasteiger partial charge in [0.25, 0.3) is 5.91 Å². The summed E-state index contributed by atoms with van der Waals surface area (Å²) in [6.07, 6.45) is 0.512. The molecule has 1 unspecified atom stereocenters. The third-order valence-corrected chi connectivity index (χ3v) is 4.40. The zero-order valence-corrected chi connectivity index (χ0v) is 12.2. The monoisotopic (exact) mass is 297 g/mol. The molecule has 1 aliphatic heterocycles. The van der Waals surface area contributed by atoms with Crippen LogP contribution >= 0.6 is 11.3 Å². The average molecular weight is 297 g/mol. The molecule has 2 heterocycles. The van der Waals surface area contributed by atoms with Crippen LogP contribution < -0.4 is 5.32 Å². The van der Waals surface area contributed by atoms with E-state index in [1.807, 2.05) is 12.3 Å². The van der Waals surface area contributed by atoms with E-state index in [2.05, 4.69) is 16.9 Å². The van der Waals surface area contributed by atoms with Crippen molar-refractivity contribution in [1.82, 2.24) is 15.2 Å². The number of rotatable bonds is 3. The lowest BCUT2D eigenvalue weighted by atomic mass is 9.99. The van der Waals surface area contributed by atoms with E-state index in [0.717, 1.165) is 10.7 Å². The Balaban J connectivity index is 2.29. The van der Waals surface area contributed by atoms with Crippen LogP contribution in [0.25, 0.3) is 0 Å². The van der Waals surface area contributed by atoms with Gasteiger partial charge >= 0.3 is 0 Å². The molecule has 108 valence electrons. The van der Waals surface area contributed by atoms with Crippen LogP contribution in [0.4, 0.5) is 4.39 Å². The van der Waals surface area contributed by atoms with Gasteiger partial charge in [-0.1, -0.05) is 6.58 Å². The van der Waals surface area contributed by atoms with Gasteiger partial charge in [0.1, 0.15) is 10.5 Å². The molecule has 1 saturated heterocycles. The molecule has 1 aromatic rings. The van der Waals surface area contributed by atoms with Gasteiger partial charge < -0.3 is 10.2 Å². The predicted octanol–water partition coefficient (Wildman–Crippen LogP) is 1.50. The van der Waals surface area contributed by atoms with Crippen LogP contribution in [0.3, 0.4) is 0 Å². The Morgan fingerprint density at radius 2 is 2.30 bits per heavy atom. The van der Waals surface area contributed by atoms with E-state index in [9.17, 15) is 14.0 Å². The van der Waals surface area contributed by atoms with Crippen LogP contribution in [0.2, 0.25) is 0 Å². The molecule has 0 aliphatic carbocycles. The zero-order chi connectivity index (χ0) is 14.9. The number of likely N-dealkylation sites (tertiary alicyclic amines) is 1. The van der Waals surface area contributed by atoms with Crippen molar-refractivity contribution in [2.24, 2.45) is 0 Å². The Labute approximate surface area is 120 Å². The predicted molar refractivity (Wildman–Crippen MR) is 73.8 cm³/mol. The third-order valence-electron chi connectivity index (χ3n) is 3.23. The molecule has 1 aliphatic rings. The van der Waals surface area contributed by atoms with Gasteiger partial charge in [0.15, 0.2) is 5.83 Å². The van der Waals surface area contributed by atoms with E-state index in [4.69, 9.17) is 0 Å². The molecular formula is C13H16FN3O2S. The number of nitrogens with one attached hydrogen (secondary N) is 1. The third kappa shape index (κ3) is 2.72. The number of aromatic nitrogens is 1. The fraction of sp³-hybridized carbons (Fsp3) is 0.462. The molecule has 0 spiro atoms. The highest BCUT2D eigenvalue weighted by molar-refractivity contribution is 7.09. The maximum Gasteiger partial charge on any atom is 0.282 e. The van der Waals surface area contributed by atoms with Crippen LogP contribution in [0.1, 0.15) is 24.0 Å². The lowest BCUT2D eigenvalue weighted by molar-refractivity contribution is -0.128. The van der Waals surface area contributed by atoms with Crippen LogP contribution in [-0.4, -0.2) is 34.8 Å². The summed E-state index contributed by atoms with van der Waals surface area (Å²) in [6, 6.07) is 0. The molecule has 0 radical (unpaired) electrons. The van der Waals surface area contributed by atoms with Crippen LogP contribution in [0, 0.1) is 6.92 Å². The molecule has 0 aromatic carbocycles. The number of aryl methyl sites for hydroxylation is 1. The Bertz CT molecular complexity index is 572. The first-order valence-electron chi connectivity index (χ1n) is 6.19. The van der Waals surface area contributed by atoms with E-state index in [-0.39, 0.29) is 12.5 Å². The fourth-order valence-corrected chi connectivity index (χ4v) is 3.37. The minimum Gasteiger partial charge on any atom is -0.343 e. The van der Waals surface area contributed by atoms with Gasteiger partial charge in [-0.3, -0.25) is 9.59 Å². The standard InChI is InChI=1S/C13H16FN3O2S/c1-8-6-20-12(15-8)13(16-10(3)18)4-5-17(7-13)11(19)9(2)14/h6H,2,4-5,7H2,1,3H3,(H,16,18). The number of nitrogens with zero attached hydrogens (tertiary/aromatic N) is 2. The summed E-state index contributed by atoms with van der Waals surface area (Å²) in [5.41, 5.74) is 0.130. The van der Waals surface area contributed by atoms with Crippen molar-refractivity contribution in [3.05, 3.63) is 28.5 Å². The maximum atomic E-state index is 13.0. The summed E-state index contributed by atoms with van der Waals surface area (Å²) in [7, 11) is 0. The summed E-state index contributed by atoms with van der Waals surface area (Å²) >= 11 is 1.43. The number of halogens is 1. The lowest BCUT2D eigenvalue weighted by Crippen LogP contribution is -2.47. The zero-order valence-electron chi connectivity index (χ0n) is 11.4. The van der Waals surface area contributed by atoms with Crippen LogP contribution in [0.5, 0.6) is 0 Å². The summed E-state index contributed by atoms with van der Waals surface area (Å²) in [6.45, 7) is 6.88. The van der Waals surface area contributed by atoms with Gasteiger partial charge in [-0.25, -0.2) is 9.37 Å². The second kappa shape index (κ2) is 5.32. The number of carbonyl (C=O) groups is 2. The van der Waals surface area contributed by atoms with Crippen molar-refractivity contribution >= 4 is 23.2 Å². The average Bonchev–Trinajstić information content (AvgIpc) is 2.95. The Hall–Kier alpha value is -1.76. The number of hydrogen-bond acceptors (Lipinski definition) is 4. The van der Waals surface area contributed by atoms with E-state index in [0.29, 0.717) is 13.0 Å². The van der Waals surface area contributed by atoms with E-state index < -0.39 is 17.3 Å². The minimum absolute atomic E-state index is 0.203. The molecule has 1 atom stereocenters. The van der Waals surface area contributed by atoms with Gasteiger partial charge in [0.05, 0.1) is 6.54 Å². The Kier molecular flexibility index (Phi) is 3.89. The van der Waals surface area contributed by atoms with Crippen molar-refractivity contribution in [3.8, 4) is 0 Å². The second-order valence-electron chi connectivity index (χ2n) is 4.94. The summed E-state index contributed by atoms with van der Waals surface area (Å²) in [5, 5.41) is 5.50. The highest BCUT2D eigenvalue weighted by atomic mass is 32.1. The summed E-state index contributed by atoms with van der Waals surface area (Å²) in [5.74, 6) is -1.92. The quantitative estimate of drug-likeness (QED) is 0.860. The van der Waals surface area contributed by atoms with Gasteiger partial charge in [-0.2, -0.15) is 0 Å². The summed E-state index contributed by atoms with van der Waals surface area (Å²) < 4.78 is 13.0. The lowest BCUT2D eigenvalue weighted by Gasteiger charge is -2.28. The van der Waals surface area contributed by atoms with Crippen molar-refractivity contribution < 1.29 is 14.0 Å². The molecule has 1 fully saturated rings. The largest absolute Gasteiger partial charge is 0.343 e. The Morgan fingerprint density at radius 3 is 2.80 bits per heavy atom. The normalized spacial score (nSPS) is 21.9. The van der Waals surface area contributed by atoms with Gasteiger partial charge in [0, 0.05) is 24.5 Å². The molecule has 2 rings (SSSR count). The van der Waals surface area contributed by atoms with Crippen molar-refractivity contribution in [2.75, 3.05) is 13.1 Å². The molecule has 7 heteroatoms. The first-order valence-corrected chi connectivity index (χ1v) is 7.07. The molecule has 2 amide bonds. The summed E-state index contributed by atoms with van der Waals surface area (Å²) in [4.78, 5) is 28.9. The first-order chi connectivity index (χ1) is 9.34. The number of thiazole rings is 1. The molecule has 0 saturated carbocycles. The number of hydrogen-bond donors (Lipinski definition) is 1. The molecule has 1 aromatic heterocycles. The number of carbonyl (C=O) groups excluding carboxylic acids is 2. The van der Waals surface area contributed by atoms with E-state index in [1.165, 1.54) is 23.2 Å². The number of amides is 2. The van der Waals surface area contributed by atoms with Crippen molar-refractivity contribution in [1.29, 1.82) is 0 Å². The van der Waals surface area contributed by atoms with Crippen LogP contribution in [0.15, 0.2) is 17.8 Å². The molecule has 5 nitrogen and oxygen atoms in total. The molecule has 1 N–H and O–H groups in total. The Morgan fingerprint density at radius 1 is 1.60 bits per heavy atom. The maximum absolute atomic E-state index is 13.0. The second-order valence-corrected chi connectivity index (χ2v) is 5.80. The van der Waals surface area contributed by atoms with Gasteiger partial charge in [0.2, 0.25) is 5.91 Å². The van der Waals surface area contributed by atoms with Crippen molar-refractivity contribution in [2.45, 2.75) is 25.8 Å². The van der Waals surface area contributed by atoms with Crippen LogP contribution in [-0.2, 0) is 15.1 Å². The first kappa shape index (κ1) is 14.6. The molecule has 20 heavy (non-hydrogen) atoms. The van der Waals surface area contributed by atoms with Gasteiger partial charge in [-0.05, 0) is 13.3 Å². The highest BCUT2D eigenvalue weighted by Gasteiger charge is 2.44. The molecular weight excluding hydrogens is 281 g/mol. The SMILES string of the molecule is C=C(F)C(=O)N1CCC(NC(C)=O)(c2nc(C)cs2)C1. The van der Waals surface area contributed by atoms with E-state index in [1.54, 1.807) is 0 Å². The molecule has 0 bridgehead atoms. The highest BCUT2D eigenvalue weighted by Crippen LogP contribution is 2.34. The van der Waals surface area contributed by atoms with E-state index >= 15 is 0 Å². The minimum atomic E-state index is -0.987.